The molecule has 10 heteroatoms. The molecule has 110 valence electrons. The Morgan fingerprint density at radius 3 is 2.16 bits per heavy atom. The van der Waals surface area contributed by atoms with E-state index in [-0.39, 0.29) is 11.5 Å². The van der Waals surface area contributed by atoms with Gasteiger partial charge in [-0.2, -0.15) is 22.0 Å². The Hall–Kier alpha value is -1.45. The van der Waals surface area contributed by atoms with E-state index in [1.165, 1.54) is 0 Å². The van der Waals surface area contributed by atoms with E-state index in [0.717, 1.165) is 0 Å². The van der Waals surface area contributed by atoms with Crippen molar-refractivity contribution in [3.63, 3.8) is 0 Å². The number of carboxylic acid groups (broad SMARTS) is 1. The Balaban J connectivity index is 2.91. The van der Waals surface area contributed by atoms with Crippen molar-refractivity contribution in [2.75, 3.05) is 20.3 Å². The van der Waals surface area contributed by atoms with Crippen molar-refractivity contribution in [2.24, 2.45) is 5.92 Å². The Bertz CT molecular complexity index is 383. The SMILES string of the molecule is CN(C(=O)C(F)(F)C(F)(F)F)C1COCC1C(=O)O. The molecule has 0 bridgehead atoms. The van der Waals surface area contributed by atoms with E-state index < -0.39 is 42.5 Å². The molecule has 1 aliphatic heterocycles. The highest BCUT2D eigenvalue weighted by Gasteiger charge is 2.65. The third-order valence-corrected chi connectivity index (χ3v) is 2.81. The zero-order chi connectivity index (χ0) is 15.0. The maximum absolute atomic E-state index is 12.9. The van der Waals surface area contributed by atoms with Gasteiger partial charge >= 0.3 is 24.0 Å². The molecule has 1 fully saturated rings. The van der Waals surface area contributed by atoms with Crippen LogP contribution in [0.3, 0.4) is 0 Å². The predicted octanol–water partition coefficient (Wildman–Crippen LogP) is 0.742. The van der Waals surface area contributed by atoms with Crippen molar-refractivity contribution in [2.45, 2.75) is 18.1 Å². The number of alkyl halides is 5. The molecule has 0 saturated carbocycles. The largest absolute Gasteiger partial charge is 0.481 e. The minimum absolute atomic E-state index is 0.0826. The summed E-state index contributed by atoms with van der Waals surface area (Å²) in [5, 5.41) is 8.75. The van der Waals surface area contributed by atoms with Crippen molar-refractivity contribution in [3.05, 3.63) is 0 Å². The average molecular weight is 291 g/mol. The molecule has 1 saturated heterocycles. The summed E-state index contributed by atoms with van der Waals surface area (Å²) in [6.07, 6.45) is -6.03. The van der Waals surface area contributed by atoms with E-state index >= 15 is 0 Å². The summed E-state index contributed by atoms with van der Waals surface area (Å²) in [6, 6.07) is -1.36. The van der Waals surface area contributed by atoms with Crippen molar-refractivity contribution >= 4 is 11.9 Å². The molecule has 1 amide bonds. The minimum atomic E-state index is -6.03. The first-order valence-electron chi connectivity index (χ1n) is 5.02. The number of halogens is 5. The zero-order valence-corrected chi connectivity index (χ0v) is 9.58. The van der Waals surface area contributed by atoms with Gasteiger partial charge in [-0.3, -0.25) is 9.59 Å². The van der Waals surface area contributed by atoms with Gasteiger partial charge in [0.05, 0.1) is 19.3 Å². The van der Waals surface area contributed by atoms with Crippen molar-refractivity contribution in [1.29, 1.82) is 0 Å². The number of hydrogen-bond acceptors (Lipinski definition) is 3. The van der Waals surface area contributed by atoms with Gasteiger partial charge in [0.15, 0.2) is 0 Å². The number of amides is 1. The third-order valence-electron chi connectivity index (χ3n) is 2.81. The van der Waals surface area contributed by atoms with Gasteiger partial charge in [-0.15, -0.1) is 0 Å². The average Bonchev–Trinajstić information content (AvgIpc) is 2.74. The molecule has 2 unspecified atom stereocenters. The number of carboxylic acids is 1. The summed E-state index contributed by atoms with van der Waals surface area (Å²) in [7, 11) is 0.692. The maximum Gasteiger partial charge on any atom is 0.463 e. The first-order chi connectivity index (χ1) is 8.50. The Labute approximate surface area is 103 Å². The predicted molar refractivity (Wildman–Crippen MR) is 49.5 cm³/mol. The number of carbonyl (C=O) groups is 2. The molecular weight excluding hydrogens is 281 g/mol. The lowest BCUT2D eigenvalue weighted by atomic mass is 10.0. The normalized spacial score (nSPS) is 24.3. The second-order valence-corrected chi connectivity index (χ2v) is 4.04. The topological polar surface area (TPSA) is 66.8 Å². The summed E-state index contributed by atoms with van der Waals surface area (Å²) in [4.78, 5) is 22.0. The first kappa shape index (κ1) is 15.6. The maximum atomic E-state index is 12.9. The number of hydrogen-bond donors (Lipinski definition) is 1. The van der Waals surface area contributed by atoms with E-state index in [1.807, 2.05) is 0 Å². The number of rotatable bonds is 3. The summed E-state index contributed by atoms with van der Waals surface area (Å²) in [5.41, 5.74) is 0. The van der Waals surface area contributed by atoms with Gasteiger partial charge in [0.1, 0.15) is 5.92 Å². The van der Waals surface area contributed by atoms with Gasteiger partial charge in [-0.1, -0.05) is 0 Å². The Kier molecular flexibility index (Phi) is 4.03. The fraction of sp³-hybridized carbons (Fsp3) is 0.778. The first-order valence-corrected chi connectivity index (χ1v) is 5.02. The highest BCUT2D eigenvalue weighted by atomic mass is 19.4. The van der Waals surface area contributed by atoms with Crippen molar-refractivity contribution < 1.29 is 41.4 Å². The standard InChI is InChI=1S/C9H10F5NO4/c1-15(5-3-19-2-4(5)6(16)17)7(18)8(10,11)9(12,13)14/h4-5H,2-3H2,1H3,(H,16,17). The number of ether oxygens (including phenoxy) is 1. The quantitative estimate of drug-likeness (QED) is 0.779. The molecule has 1 aliphatic rings. The van der Waals surface area contributed by atoms with Crippen LogP contribution in [0.5, 0.6) is 0 Å². The molecule has 0 aromatic carbocycles. The third kappa shape index (κ3) is 2.77. The van der Waals surface area contributed by atoms with Crippen LogP contribution in [0, 0.1) is 5.92 Å². The second kappa shape index (κ2) is 4.91. The van der Waals surface area contributed by atoms with Gasteiger partial charge in [0, 0.05) is 7.05 Å². The molecule has 0 aromatic rings. The van der Waals surface area contributed by atoms with Crippen LogP contribution in [0.1, 0.15) is 0 Å². The Morgan fingerprint density at radius 1 is 1.21 bits per heavy atom. The fourth-order valence-corrected chi connectivity index (χ4v) is 1.65. The van der Waals surface area contributed by atoms with Gasteiger partial charge in [0.25, 0.3) is 0 Å². The molecule has 0 aliphatic carbocycles. The van der Waals surface area contributed by atoms with Crippen molar-refractivity contribution in [3.8, 4) is 0 Å². The molecule has 5 nitrogen and oxygen atoms in total. The highest BCUT2D eigenvalue weighted by Crippen LogP contribution is 2.37. The van der Waals surface area contributed by atoms with Crippen LogP contribution >= 0.6 is 0 Å². The molecule has 0 spiro atoms. The molecular formula is C9H10F5NO4. The summed E-state index contributed by atoms with van der Waals surface area (Å²) in [6.45, 7) is -0.762. The van der Waals surface area contributed by atoms with Crippen LogP contribution in [-0.2, 0) is 14.3 Å². The van der Waals surface area contributed by atoms with Crippen molar-refractivity contribution in [1.82, 2.24) is 4.90 Å². The van der Waals surface area contributed by atoms with Crippen LogP contribution in [0.15, 0.2) is 0 Å². The molecule has 1 rings (SSSR count). The van der Waals surface area contributed by atoms with Gasteiger partial charge < -0.3 is 14.7 Å². The van der Waals surface area contributed by atoms with Crippen LogP contribution in [0.25, 0.3) is 0 Å². The van der Waals surface area contributed by atoms with Gasteiger partial charge in [0.2, 0.25) is 0 Å². The van der Waals surface area contributed by atoms with Crippen LogP contribution in [0.2, 0.25) is 0 Å². The van der Waals surface area contributed by atoms with E-state index in [0.29, 0.717) is 7.05 Å². The van der Waals surface area contributed by atoms with E-state index in [1.54, 1.807) is 0 Å². The van der Waals surface area contributed by atoms with E-state index in [4.69, 9.17) is 9.84 Å². The zero-order valence-electron chi connectivity index (χ0n) is 9.58. The Morgan fingerprint density at radius 2 is 1.74 bits per heavy atom. The molecule has 19 heavy (non-hydrogen) atoms. The van der Waals surface area contributed by atoms with Crippen LogP contribution in [-0.4, -0.2) is 60.3 Å². The lowest BCUT2D eigenvalue weighted by Gasteiger charge is -2.30. The smallest absolute Gasteiger partial charge is 0.463 e. The molecule has 0 aromatic heterocycles. The number of likely N-dealkylation sites (N-methyl/N-ethyl adjacent to an activating group) is 1. The summed E-state index contributed by atoms with van der Waals surface area (Å²) in [5.74, 6) is -10.8. The van der Waals surface area contributed by atoms with Crippen LogP contribution in [0.4, 0.5) is 22.0 Å². The number of aliphatic carboxylic acids is 1. The summed E-state index contributed by atoms with van der Waals surface area (Å²) < 4.78 is 66.5. The van der Waals surface area contributed by atoms with Gasteiger partial charge in [-0.05, 0) is 0 Å². The minimum Gasteiger partial charge on any atom is -0.481 e. The van der Waals surface area contributed by atoms with E-state index in [2.05, 4.69) is 0 Å². The second-order valence-electron chi connectivity index (χ2n) is 4.04. The fourth-order valence-electron chi connectivity index (χ4n) is 1.65. The molecule has 1 N–H and O–H groups in total. The highest BCUT2D eigenvalue weighted by molar-refractivity contribution is 5.85. The van der Waals surface area contributed by atoms with Crippen LogP contribution < -0.4 is 0 Å². The molecule has 0 radical (unpaired) electrons. The lowest BCUT2D eigenvalue weighted by molar-refractivity contribution is -0.274. The number of nitrogens with zero attached hydrogens (tertiary/aromatic N) is 1. The van der Waals surface area contributed by atoms with Gasteiger partial charge in [-0.25, -0.2) is 0 Å². The van der Waals surface area contributed by atoms with E-state index in [9.17, 15) is 31.5 Å². The molecule has 1 heterocycles. The lowest BCUT2D eigenvalue weighted by Crippen LogP contribution is -2.55. The molecule has 2 atom stereocenters. The number of carbonyl (C=O) groups excluding carboxylic acids is 1. The summed E-state index contributed by atoms with van der Waals surface area (Å²) >= 11 is 0. The monoisotopic (exact) mass is 291 g/mol.